The van der Waals surface area contributed by atoms with Crippen molar-refractivity contribution in [2.24, 2.45) is 0 Å². The van der Waals surface area contributed by atoms with Crippen molar-refractivity contribution in [1.29, 1.82) is 0 Å². The van der Waals surface area contributed by atoms with Gasteiger partial charge in [-0.25, -0.2) is 0 Å². The minimum absolute atomic E-state index is 0.161. The fourth-order valence-electron chi connectivity index (χ4n) is 1.84. The Morgan fingerprint density at radius 1 is 1.10 bits per heavy atom. The van der Waals surface area contributed by atoms with Crippen LogP contribution in [0.5, 0.6) is 11.5 Å². The number of benzene rings is 2. The molecule has 0 aliphatic heterocycles. The van der Waals surface area contributed by atoms with Crippen molar-refractivity contribution >= 4 is 10.1 Å². The summed E-state index contributed by atoms with van der Waals surface area (Å²) < 4.78 is 37.7. The van der Waals surface area contributed by atoms with Crippen LogP contribution in [0.3, 0.4) is 0 Å². The zero-order chi connectivity index (χ0) is 14.6. The Morgan fingerprint density at radius 2 is 1.80 bits per heavy atom. The first-order valence-electron chi connectivity index (χ1n) is 5.95. The largest absolute Gasteiger partial charge is 0.457 e. The number of hydrogen-bond donors (Lipinski definition) is 1. The maximum absolute atomic E-state index is 11.4. The molecule has 0 atom stereocenters. The molecule has 20 heavy (non-hydrogen) atoms. The normalized spacial score (nSPS) is 11.1. The Kier molecular flexibility index (Phi) is 4.22. The van der Waals surface area contributed by atoms with Crippen LogP contribution in [0.15, 0.2) is 66.1 Å². The predicted octanol–water partition coefficient (Wildman–Crippen LogP) is 3.45. The number of para-hydroxylation sites is 1. The summed E-state index contributed by atoms with van der Waals surface area (Å²) in [5.41, 5.74) is 0.383. The molecule has 0 aliphatic rings. The van der Waals surface area contributed by atoms with Crippen molar-refractivity contribution < 1.29 is 17.7 Å². The minimum Gasteiger partial charge on any atom is -0.457 e. The van der Waals surface area contributed by atoms with Crippen LogP contribution in [0.1, 0.15) is 5.56 Å². The van der Waals surface area contributed by atoms with Crippen LogP contribution in [-0.2, 0) is 16.5 Å². The van der Waals surface area contributed by atoms with E-state index in [1.165, 1.54) is 12.1 Å². The van der Waals surface area contributed by atoms with Crippen molar-refractivity contribution in [3.63, 3.8) is 0 Å². The highest BCUT2D eigenvalue weighted by Gasteiger charge is 2.18. The molecule has 0 radical (unpaired) electrons. The lowest BCUT2D eigenvalue weighted by Gasteiger charge is -2.12. The van der Waals surface area contributed by atoms with Gasteiger partial charge in [-0.05, 0) is 30.7 Å². The van der Waals surface area contributed by atoms with Gasteiger partial charge in [0.15, 0.2) is 0 Å². The monoisotopic (exact) mass is 290 g/mol. The number of hydrogen-bond acceptors (Lipinski definition) is 3. The molecule has 0 saturated carbocycles. The lowest BCUT2D eigenvalue weighted by Crippen LogP contribution is -2.04. The van der Waals surface area contributed by atoms with Crippen LogP contribution in [-0.4, -0.2) is 13.0 Å². The van der Waals surface area contributed by atoms with E-state index in [1.807, 2.05) is 18.2 Å². The third-order valence-electron chi connectivity index (χ3n) is 2.69. The van der Waals surface area contributed by atoms with Gasteiger partial charge in [-0.3, -0.25) is 4.55 Å². The van der Waals surface area contributed by atoms with Gasteiger partial charge in [-0.2, -0.15) is 8.42 Å². The predicted molar refractivity (Wildman–Crippen MR) is 76.7 cm³/mol. The molecule has 0 spiro atoms. The van der Waals surface area contributed by atoms with Crippen LogP contribution >= 0.6 is 0 Å². The van der Waals surface area contributed by atoms with Crippen LogP contribution < -0.4 is 4.74 Å². The van der Waals surface area contributed by atoms with Crippen LogP contribution in [0.25, 0.3) is 0 Å². The standard InChI is InChI=1S/C15H14O4S/c1-2-7-13-14(19-12-8-4-3-5-9-12)10-6-11-15(13)20(16,17)18/h2-6,8-11H,1,7H2,(H,16,17,18). The Labute approximate surface area is 118 Å². The summed E-state index contributed by atoms with van der Waals surface area (Å²) >= 11 is 0. The Bertz CT molecular complexity index is 706. The maximum Gasteiger partial charge on any atom is 0.294 e. The SMILES string of the molecule is C=CCc1c(Oc2ccccc2)cccc1S(=O)(=O)O. The van der Waals surface area contributed by atoms with Gasteiger partial charge in [-0.1, -0.05) is 30.3 Å². The van der Waals surface area contributed by atoms with Crippen molar-refractivity contribution in [3.8, 4) is 11.5 Å². The lowest BCUT2D eigenvalue weighted by molar-refractivity contribution is 0.466. The second kappa shape index (κ2) is 5.90. The molecule has 2 aromatic carbocycles. The molecule has 0 bridgehead atoms. The van der Waals surface area contributed by atoms with Gasteiger partial charge >= 0.3 is 0 Å². The van der Waals surface area contributed by atoms with Crippen molar-refractivity contribution in [1.82, 2.24) is 0 Å². The maximum atomic E-state index is 11.4. The highest BCUT2D eigenvalue weighted by molar-refractivity contribution is 7.85. The van der Waals surface area contributed by atoms with Gasteiger partial charge in [-0.15, -0.1) is 6.58 Å². The average Bonchev–Trinajstić information content (AvgIpc) is 2.41. The molecular formula is C15H14O4S. The lowest BCUT2D eigenvalue weighted by atomic mass is 10.1. The van der Waals surface area contributed by atoms with Gasteiger partial charge in [0.1, 0.15) is 16.4 Å². The fraction of sp³-hybridized carbons (Fsp3) is 0.0667. The smallest absolute Gasteiger partial charge is 0.294 e. The van der Waals surface area contributed by atoms with E-state index in [9.17, 15) is 13.0 Å². The first-order chi connectivity index (χ1) is 9.52. The third kappa shape index (κ3) is 3.26. The first-order valence-corrected chi connectivity index (χ1v) is 7.39. The van der Waals surface area contributed by atoms with E-state index in [1.54, 1.807) is 24.3 Å². The second-order valence-corrected chi connectivity index (χ2v) is 5.51. The van der Waals surface area contributed by atoms with E-state index in [2.05, 4.69) is 6.58 Å². The van der Waals surface area contributed by atoms with Crippen LogP contribution in [0, 0.1) is 0 Å². The molecule has 0 saturated heterocycles. The highest BCUT2D eigenvalue weighted by Crippen LogP contribution is 2.30. The van der Waals surface area contributed by atoms with Crippen molar-refractivity contribution in [2.45, 2.75) is 11.3 Å². The molecule has 0 heterocycles. The van der Waals surface area contributed by atoms with Crippen LogP contribution in [0.4, 0.5) is 0 Å². The van der Waals surface area contributed by atoms with Crippen molar-refractivity contribution in [2.75, 3.05) is 0 Å². The van der Waals surface area contributed by atoms with E-state index >= 15 is 0 Å². The first kappa shape index (κ1) is 14.3. The van der Waals surface area contributed by atoms with E-state index in [0.29, 0.717) is 17.1 Å². The van der Waals surface area contributed by atoms with E-state index in [-0.39, 0.29) is 11.3 Å². The summed E-state index contributed by atoms with van der Waals surface area (Å²) in [6, 6.07) is 13.5. The van der Waals surface area contributed by atoms with Gasteiger partial charge in [0, 0.05) is 5.56 Å². The molecule has 0 fully saturated rings. The molecule has 0 aromatic heterocycles. The molecule has 4 nitrogen and oxygen atoms in total. The summed E-state index contributed by atoms with van der Waals surface area (Å²) in [6.45, 7) is 3.60. The third-order valence-corrected chi connectivity index (χ3v) is 3.63. The van der Waals surface area contributed by atoms with E-state index in [4.69, 9.17) is 4.74 Å². The minimum atomic E-state index is -4.30. The topological polar surface area (TPSA) is 63.6 Å². The number of ether oxygens (including phenoxy) is 1. The average molecular weight is 290 g/mol. The van der Waals surface area contributed by atoms with Gasteiger partial charge < -0.3 is 4.74 Å². The molecule has 5 heteroatoms. The highest BCUT2D eigenvalue weighted by atomic mass is 32.2. The molecule has 2 aromatic rings. The van der Waals surface area contributed by atoms with E-state index < -0.39 is 10.1 Å². The zero-order valence-electron chi connectivity index (χ0n) is 10.7. The number of rotatable bonds is 5. The second-order valence-electron chi connectivity index (χ2n) is 4.12. The molecule has 0 unspecified atom stereocenters. The van der Waals surface area contributed by atoms with E-state index in [0.717, 1.165) is 0 Å². The molecular weight excluding hydrogens is 276 g/mol. The Balaban J connectivity index is 2.50. The fourth-order valence-corrected chi connectivity index (χ4v) is 2.59. The van der Waals surface area contributed by atoms with Gasteiger partial charge in [0.2, 0.25) is 0 Å². The summed E-state index contributed by atoms with van der Waals surface area (Å²) in [5, 5.41) is 0. The quantitative estimate of drug-likeness (QED) is 0.676. The Morgan fingerprint density at radius 3 is 2.40 bits per heavy atom. The summed E-state index contributed by atoms with van der Waals surface area (Å²) in [6.07, 6.45) is 1.83. The molecule has 2 rings (SSSR count). The zero-order valence-corrected chi connectivity index (χ0v) is 11.5. The summed E-state index contributed by atoms with van der Waals surface area (Å²) in [5.74, 6) is 0.969. The molecule has 1 N–H and O–H groups in total. The Hall–Kier alpha value is -2.11. The molecule has 0 amide bonds. The summed E-state index contributed by atoms with van der Waals surface area (Å²) in [7, 11) is -4.30. The van der Waals surface area contributed by atoms with Crippen LogP contribution in [0.2, 0.25) is 0 Å². The number of allylic oxidation sites excluding steroid dienone is 1. The van der Waals surface area contributed by atoms with Crippen molar-refractivity contribution in [3.05, 3.63) is 66.7 Å². The van der Waals surface area contributed by atoms with Gasteiger partial charge in [0.05, 0.1) is 0 Å². The van der Waals surface area contributed by atoms with Gasteiger partial charge in [0.25, 0.3) is 10.1 Å². The molecule has 0 aliphatic carbocycles. The molecule has 104 valence electrons. The summed E-state index contributed by atoms with van der Waals surface area (Å²) in [4.78, 5) is -0.161.